The number of benzene rings is 2. The predicted molar refractivity (Wildman–Crippen MR) is 89.9 cm³/mol. The number of amides is 2. The molecular formula is C16H13ClN6O2. The summed E-state index contributed by atoms with van der Waals surface area (Å²) >= 11 is 6.00. The van der Waals surface area contributed by atoms with E-state index in [4.69, 9.17) is 11.6 Å². The molecule has 25 heavy (non-hydrogen) atoms. The van der Waals surface area contributed by atoms with Crippen LogP contribution in [0.3, 0.4) is 0 Å². The molecule has 0 aliphatic heterocycles. The molecule has 0 fully saturated rings. The van der Waals surface area contributed by atoms with Gasteiger partial charge in [0, 0.05) is 10.6 Å². The summed E-state index contributed by atoms with van der Waals surface area (Å²) < 4.78 is 1.47. The number of carbonyl (C=O) groups excluding carboxylic acids is 2. The van der Waals surface area contributed by atoms with E-state index in [0.717, 1.165) is 0 Å². The fourth-order valence-corrected chi connectivity index (χ4v) is 2.31. The van der Waals surface area contributed by atoms with Crippen LogP contribution in [0.15, 0.2) is 54.9 Å². The lowest BCUT2D eigenvalue weighted by Crippen LogP contribution is -2.42. The number of nitrogens with one attached hydrogen (secondary N) is 2. The molecule has 126 valence electrons. The van der Waals surface area contributed by atoms with Gasteiger partial charge in [0.15, 0.2) is 0 Å². The standard InChI is InChI=1S/C16H13ClN6O2/c17-14-4-2-1-3-12(14)9-15(24)19-20-16(25)11-5-7-13(8-6-11)23-10-18-21-22-23/h1-8,10H,9H2,(H,19,24)(H,20,25). The number of nitrogens with zero attached hydrogens (tertiary/aromatic N) is 4. The Hall–Kier alpha value is -3.26. The highest BCUT2D eigenvalue weighted by atomic mass is 35.5. The van der Waals surface area contributed by atoms with Gasteiger partial charge in [-0.3, -0.25) is 20.4 Å². The quantitative estimate of drug-likeness (QED) is 0.686. The van der Waals surface area contributed by atoms with Gasteiger partial charge >= 0.3 is 0 Å². The molecule has 0 spiro atoms. The molecule has 9 heteroatoms. The largest absolute Gasteiger partial charge is 0.273 e. The number of carbonyl (C=O) groups is 2. The molecule has 0 bridgehead atoms. The maximum Gasteiger partial charge on any atom is 0.269 e. The molecule has 8 nitrogen and oxygen atoms in total. The van der Waals surface area contributed by atoms with Gasteiger partial charge in [0.25, 0.3) is 5.91 Å². The molecule has 0 unspecified atom stereocenters. The fraction of sp³-hybridized carbons (Fsp3) is 0.0625. The average molecular weight is 357 g/mol. The van der Waals surface area contributed by atoms with Crippen LogP contribution in [0.5, 0.6) is 0 Å². The minimum atomic E-state index is -0.434. The number of rotatable bonds is 4. The van der Waals surface area contributed by atoms with Gasteiger partial charge in [0.05, 0.1) is 12.1 Å². The second-order valence-corrected chi connectivity index (χ2v) is 5.48. The summed E-state index contributed by atoms with van der Waals surface area (Å²) in [6.07, 6.45) is 1.52. The van der Waals surface area contributed by atoms with E-state index in [1.807, 2.05) is 0 Å². The molecule has 0 saturated heterocycles. The molecular weight excluding hydrogens is 344 g/mol. The minimum Gasteiger partial charge on any atom is -0.273 e. The average Bonchev–Trinajstić information content (AvgIpc) is 3.16. The summed E-state index contributed by atoms with van der Waals surface area (Å²) in [5.41, 5.74) is 6.51. The highest BCUT2D eigenvalue weighted by Gasteiger charge is 2.10. The number of hydrogen-bond donors (Lipinski definition) is 2. The van der Waals surface area contributed by atoms with Crippen LogP contribution in [-0.4, -0.2) is 32.0 Å². The van der Waals surface area contributed by atoms with Crippen molar-refractivity contribution >= 4 is 23.4 Å². The first-order chi connectivity index (χ1) is 12.1. The zero-order valence-electron chi connectivity index (χ0n) is 12.9. The van der Waals surface area contributed by atoms with Gasteiger partial charge in [-0.2, -0.15) is 0 Å². The summed E-state index contributed by atoms with van der Waals surface area (Å²) in [4.78, 5) is 24.0. The van der Waals surface area contributed by atoms with E-state index in [2.05, 4.69) is 26.4 Å². The van der Waals surface area contributed by atoms with E-state index >= 15 is 0 Å². The normalized spacial score (nSPS) is 10.3. The number of hydrazine groups is 1. The Balaban J connectivity index is 1.55. The molecule has 3 rings (SSSR count). The van der Waals surface area contributed by atoms with Crippen LogP contribution in [0.1, 0.15) is 15.9 Å². The predicted octanol–water partition coefficient (Wildman–Crippen LogP) is 1.32. The Kier molecular flexibility index (Phi) is 5.00. The van der Waals surface area contributed by atoms with E-state index in [-0.39, 0.29) is 12.3 Å². The third kappa shape index (κ3) is 4.18. The van der Waals surface area contributed by atoms with Gasteiger partial charge in [-0.15, -0.1) is 5.10 Å². The lowest BCUT2D eigenvalue weighted by Gasteiger charge is -2.08. The van der Waals surface area contributed by atoms with Crippen LogP contribution in [-0.2, 0) is 11.2 Å². The molecule has 2 aromatic carbocycles. The summed E-state index contributed by atoms with van der Waals surface area (Å²) in [7, 11) is 0. The summed E-state index contributed by atoms with van der Waals surface area (Å²) in [6.45, 7) is 0. The summed E-state index contributed by atoms with van der Waals surface area (Å²) in [6, 6.07) is 13.6. The molecule has 2 N–H and O–H groups in total. The zero-order valence-corrected chi connectivity index (χ0v) is 13.6. The Morgan fingerprint density at radius 3 is 2.48 bits per heavy atom. The van der Waals surface area contributed by atoms with Gasteiger partial charge in [-0.1, -0.05) is 29.8 Å². The van der Waals surface area contributed by atoms with Crippen molar-refractivity contribution < 1.29 is 9.59 Å². The maximum atomic E-state index is 12.1. The van der Waals surface area contributed by atoms with Crippen LogP contribution in [0.4, 0.5) is 0 Å². The lowest BCUT2D eigenvalue weighted by atomic mass is 10.1. The molecule has 2 amide bonds. The van der Waals surface area contributed by atoms with Crippen LogP contribution in [0.2, 0.25) is 5.02 Å². The van der Waals surface area contributed by atoms with Gasteiger partial charge < -0.3 is 0 Å². The Morgan fingerprint density at radius 1 is 1.04 bits per heavy atom. The highest BCUT2D eigenvalue weighted by molar-refractivity contribution is 6.31. The van der Waals surface area contributed by atoms with Crippen molar-refractivity contribution in [3.63, 3.8) is 0 Å². The van der Waals surface area contributed by atoms with Crippen molar-refractivity contribution in [1.29, 1.82) is 0 Å². The molecule has 1 heterocycles. The summed E-state index contributed by atoms with van der Waals surface area (Å²) in [5, 5.41) is 11.3. The van der Waals surface area contributed by atoms with E-state index in [1.165, 1.54) is 11.0 Å². The van der Waals surface area contributed by atoms with Crippen molar-refractivity contribution in [3.05, 3.63) is 71.0 Å². The third-order valence-corrected chi connectivity index (χ3v) is 3.74. The molecule has 0 radical (unpaired) electrons. The first-order valence-electron chi connectivity index (χ1n) is 7.29. The third-order valence-electron chi connectivity index (χ3n) is 3.37. The van der Waals surface area contributed by atoms with Crippen molar-refractivity contribution in [3.8, 4) is 5.69 Å². The van der Waals surface area contributed by atoms with E-state index < -0.39 is 5.91 Å². The lowest BCUT2D eigenvalue weighted by molar-refractivity contribution is -0.121. The van der Waals surface area contributed by atoms with E-state index in [9.17, 15) is 9.59 Å². The monoisotopic (exact) mass is 356 g/mol. The Morgan fingerprint density at radius 2 is 1.80 bits per heavy atom. The zero-order chi connectivity index (χ0) is 17.6. The van der Waals surface area contributed by atoms with Gasteiger partial charge in [-0.05, 0) is 46.3 Å². The molecule has 0 aliphatic carbocycles. The first kappa shape index (κ1) is 16.6. The van der Waals surface area contributed by atoms with Crippen molar-refractivity contribution in [1.82, 2.24) is 31.1 Å². The smallest absolute Gasteiger partial charge is 0.269 e. The first-order valence-corrected chi connectivity index (χ1v) is 7.67. The van der Waals surface area contributed by atoms with Crippen molar-refractivity contribution in [2.24, 2.45) is 0 Å². The highest BCUT2D eigenvalue weighted by Crippen LogP contribution is 2.15. The Labute approximate surface area is 147 Å². The molecule has 0 atom stereocenters. The fourth-order valence-electron chi connectivity index (χ4n) is 2.10. The molecule has 0 aliphatic rings. The number of tetrazole rings is 1. The molecule has 1 aromatic heterocycles. The number of hydrogen-bond acceptors (Lipinski definition) is 5. The topological polar surface area (TPSA) is 102 Å². The SMILES string of the molecule is O=C(Cc1ccccc1Cl)NNC(=O)c1ccc(-n2cnnn2)cc1. The van der Waals surface area contributed by atoms with E-state index in [1.54, 1.807) is 48.5 Å². The van der Waals surface area contributed by atoms with Gasteiger partial charge in [0.2, 0.25) is 5.91 Å². The van der Waals surface area contributed by atoms with Crippen molar-refractivity contribution in [2.75, 3.05) is 0 Å². The van der Waals surface area contributed by atoms with Gasteiger partial charge in [0.1, 0.15) is 6.33 Å². The molecule has 3 aromatic rings. The van der Waals surface area contributed by atoms with Crippen molar-refractivity contribution in [2.45, 2.75) is 6.42 Å². The summed E-state index contributed by atoms with van der Waals surface area (Å²) in [5.74, 6) is -0.803. The number of halogens is 1. The van der Waals surface area contributed by atoms with Crippen LogP contribution >= 0.6 is 11.6 Å². The second-order valence-electron chi connectivity index (χ2n) is 5.07. The van der Waals surface area contributed by atoms with Gasteiger partial charge in [-0.25, -0.2) is 4.68 Å². The number of aromatic nitrogens is 4. The van der Waals surface area contributed by atoms with Crippen LogP contribution in [0, 0.1) is 0 Å². The van der Waals surface area contributed by atoms with Crippen LogP contribution < -0.4 is 10.9 Å². The Bertz CT molecular complexity index is 880. The maximum absolute atomic E-state index is 12.1. The minimum absolute atomic E-state index is 0.0676. The second kappa shape index (κ2) is 7.54. The van der Waals surface area contributed by atoms with E-state index in [0.29, 0.717) is 21.8 Å². The van der Waals surface area contributed by atoms with Crippen LogP contribution in [0.25, 0.3) is 5.69 Å². The molecule has 0 saturated carbocycles.